The molecule has 4 nitrogen and oxygen atoms in total. The Morgan fingerprint density at radius 2 is 1.67 bits per heavy atom. The smallest absolute Gasteiger partial charge is 0.0944 e. The molecule has 0 aliphatic rings. The Labute approximate surface area is 148 Å². The molecule has 0 aliphatic heterocycles. The van der Waals surface area contributed by atoms with Gasteiger partial charge in [0.15, 0.2) is 0 Å². The van der Waals surface area contributed by atoms with Crippen LogP contribution < -0.4 is 0 Å². The monoisotopic (exact) mass is 352 g/mol. The number of halogens is 1. The molecule has 4 aromatic rings. The molecule has 24 heavy (non-hydrogen) atoms. The van der Waals surface area contributed by atoms with Gasteiger partial charge in [0.2, 0.25) is 0 Å². The standard InChI is InChI=1S/C18H13ClN4S/c1-12-21-17(11-24-12)13-4-8-16(9-5-13)23-18(10-20-22-23)14-2-6-15(19)7-3-14/h2-11H,1H3. The van der Waals surface area contributed by atoms with E-state index in [1.807, 2.05) is 48.0 Å². The molecule has 2 aromatic heterocycles. The summed E-state index contributed by atoms with van der Waals surface area (Å²) >= 11 is 7.62. The van der Waals surface area contributed by atoms with Crippen LogP contribution in [0.2, 0.25) is 5.02 Å². The van der Waals surface area contributed by atoms with Crippen LogP contribution in [0.1, 0.15) is 5.01 Å². The van der Waals surface area contributed by atoms with Crippen molar-refractivity contribution in [1.82, 2.24) is 20.0 Å². The van der Waals surface area contributed by atoms with Gasteiger partial charge in [0.1, 0.15) is 0 Å². The molecule has 0 fully saturated rings. The normalized spacial score (nSPS) is 10.9. The van der Waals surface area contributed by atoms with Crippen LogP contribution in [-0.2, 0) is 0 Å². The Balaban J connectivity index is 1.70. The zero-order valence-corrected chi connectivity index (χ0v) is 14.4. The SMILES string of the molecule is Cc1nc(-c2ccc(-n3nncc3-c3ccc(Cl)cc3)cc2)cs1. The van der Waals surface area contributed by atoms with Crippen LogP contribution in [0.25, 0.3) is 28.2 Å². The maximum absolute atomic E-state index is 5.96. The molecule has 0 saturated carbocycles. The summed E-state index contributed by atoms with van der Waals surface area (Å²) in [7, 11) is 0. The van der Waals surface area contributed by atoms with Crippen LogP contribution >= 0.6 is 22.9 Å². The highest BCUT2D eigenvalue weighted by atomic mass is 35.5. The van der Waals surface area contributed by atoms with Gasteiger partial charge >= 0.3 is 0 Å². The van der Waals surface area contributed by atoms with Crippen molar-refractivity contribution < 1.29 is 0 Å². The highest BCUT2D eigenvalue weighted by Gasteiger charge is 2.09. The fourth-order valence-corrected chi connectivity index (χ4v) is 3.26. The molecular formula is C18H13ClN4S. The highest BCUT2D eigenvalue weighted by Crippen LogP contribution is 2.26. The van der Waals surface area contributed by atoms with E-state index >= 15 is 0 Å². The molecule has 0 saturated heterocycles. The lowest BCUT2D eigenvalue weighted by atomic mass is 10.1. The molecular weight excluding hydrogens is 340 g/mol. The second-order valence-electron chi connectivity index (χ2n) is 5.34. The van der Waals surface area contributed by atoms with E-state index in [-0.39, 0.29) is 0 Å². The summed E-state index contributed by atoms with van der Waals surface area (Å²) in [6.07, 6.45) is 1.75. The number of thiazole rings is 1. The van der Waals surface area contributed by atoms with Crippen molar-refractivity contribution in [2.24, 2.45) is 0 Å². The molecule has 0 unspecified atom stereocenters. The molecule has 6 heteroatoms. The quantitative estimate of drug-likeness (QED) is 0.520. The lowest BCUT2D eigenvalue weighted by Crippen LogP contribution is -1.99. The van der Waals surface area contributed by atoms with E-state index in [9.17, 15) is 0 Å². The molecule has 2 aromatic carbocycles. The summed E-state index contributed by atoms with van der Waals surface area (Å²) in [5, 5.41) is 12.1. The minimum atomic E-state index is 0.709. The van der Waals surface area contributed by atoms with E-state index in [2.05, 4.69) is 32.8 Å². The second kappa shape index (κ2) is 6.19. The minimum Gasteiger partial charge on any atom is -0.242 e. The van der Waals surface area contributed by atoms with Crippen LogP contribution in [0.3, 0.4) is 0 Å². The predicted octanol–water partition coefficient (Wildman–Crippen LogP) is 5.02. The lowest BCUT2D eigenvalue weighted by molar-refractivity contribution is 0.808. The Hall–Kier alpha value is -2.50. The summed E-state index contributed by atoms with van der Waals surface area (Å²) in [4.78, 5) is 4.52. The Kier molecular flexibility index (Phi) is 3.88. The molecule has 118 valence electrons. The van der Waals surface area contributed by atoms with Gasteiger partial charge < -0.3 is 0 Å². The fourth-order valence-electron chi connectivity index (χ4n) is 2.51. The molecule has 0 atom stereocenters. The highest BCUT2D eigenvalue weighted by molar-refractivity contribution is 7.09. The van der Waals surface area contributed by atoms with Gasteiger partial charge in [-0.05, 0) is 31.2 Å². The fraction of sp³-hybridized carbons (Fsp3) is 0.0556. The number of rotatable bonds is 3. The third-order valence-corrected chi connectivity index (χ3v) is 4.74. The molecule has 4 rings (SSSR count). The largest absolute Gasteiger partial charge is 0.242 e. The van der Waals surface area contributed by atoms with Gasteiger partial charge in [-0.3, -0.25) is 0 Å². The first-order chi connectivity index (χ1) is 11.7. The van der Waals surface area contributed by atoms with Crippen molar-refractivity contribution in [1.29, 1.82) is 0 Å². The number of hydrogen-bond donors (Lipinski definition) is 0. The third kappa shape index (κ3) is 2.84. The predicted molar refractivity (Wildman–Crippen MR) is 97.7 cm³/mol. The van der Waals surface area contributed by atoms with Gasteiger partial charge in [0.05, 0.1) is 28.3 Å². The average molecular weight is 353 g/mol. The van der Waals surface area contributed by atoms with Gasteiger partial charge in [-0.2, -0.15) is 0 Å². The lowest BCUT2D eigenvalue weighted by Gasteiger charge is -2.07. The summed E-state index contributed by atoms with van der Waals surface area (Å²) < 4.78 is 1.82. The van der Waals surface area contributed by atoms with Crippen LogP contribution in [-0.4, -0.2) is 20.0 Å². The van der Waals surface area contributed by atoms with Crippen molar-refractivity contribution in [3.63, 3.8) is 0 Å². The van der Waals surface area contributed by atoms with Crippen molar-refractivity contribution in [3.8, 4) is 28.2 Å². The molecule has 0 bridgehead atoms. The van der Waals surface area contributed by atoms with Crippen molar-refractivity contribution in [2.45, 2.75) is 6.92 Å². The van der Waals surface area contributed by atoms with Crippen LogP contribution in [0.4, 0.5) is 0 Å². The molecule has 0 N–H and O–H groups in total. The van der Waals surface area contributed by atoms with Gasteiger partial charge in [0, 0.05) is 21.5 Å². The maximum atomic E-state index is 5.96. The van der Waals surface area contributed by atoms with Crippen LogP contribution in [0, 0.1) is 6.92 Å². The van der Waals surface area contributed by atoms with Gasteiger partial charge in [-0.1, -0.05) is 41.1 Å². The van der Waals surface area contributed by atoms with Gasteiger partial charge in [-0.25, -0.2) is 9.67 Å². The second-order valence-corrected chi connectivity index (χ2v) is 6.84. The maximum Gasteiger partial charge on any atom is 0.0944 e. The molecule has 2 heterocycles. The van der Waals surface area contributed by atoms with Gasteiger partial charge in [-0.15, -0.1) is 16.4 Å². The number of benzene rings is 2. The Bertz CT molecular complexity index is 971. The summed E-state index contributed by atoms with van der Waals surface area (Å²) in [5.74, 6) is 0. The van der Waals surface area contributed by atoms with E-state index in [4.69, 9.17) is 11.6 Å². The zero-order valence-electron chi connectivity index (χ0n) is 12.8. The van der Waals surface area contributed by atoms with Gasteiger partial charge in [0.25, 0.3) is 0 Å². The summed E-state index contributed by atoms with van der Waals surface area (Å²) in [5.41, 5.74) is 4.98. The Morgan fingerprint density at radius 1 is 0.958 bits per heavy atom. The van der Waals surface area contributed by atoms with Crippen molar-refractivity contribution >= 4 is 22.9 Å². The average Bonchev–Trinajstić information content (AvgIpc) is 3.25. The first kappa shape index (κ1) is 15.1. The van der Waals surface area contributed by atoms with E-state index < -0.39 is 0 Å². The third-order valence-electron chi connectivity index (χ3n) is 3.72. The minimum absolute atomic E-state index is 0.709. The van der Waals surface area contributed by atoms with E-state index in [1.165, 1.54) is 0 Å². The Morgan fingerprint density at radius 3 is 2.33 bits per heavy atom. The van der Waals surface area contributed by atoms with Crippen LogP contribution in [0.5, 0.6) is 0 Å². The molecule has 0 amide bonds. The number of aryl methyl sites for hydroxylation is 1. The summed E-state index contributed by atoms with van der Waals surface area (Å²) in [6.45, 7) is 2.01. The molecule has 0 aliphatic carbocycles. The topological polar surface area (TPSA) is 43.6 Å². The first-order valence-corrected chi connectivity index (χ1v) is 8.66. The van der Waals surface area contributed by atoms with E-state index in [0.717, 1.165) is 33.2 Å². The number of nitrogens with zero attached hydrogens (tertiary/aromatic N) is 4. The summed E-state index contributed by atoms with van der Waals surface area (Å²) in [6, 6.07) is 15.8. The number of hydrogen-bond acceptors (Lipinski definition) is 4. The first-order valence-electron chi connectivity index (χ1n) is 7.40. The molecule has 0 spiro atoms. The van der Waals surface area contributed by atoms with E-state index in [0.29, 0.717) is 5.02 Å². The van der Waals surface area contributed by atoms with Crippen LogP contribution in [0.15, 0.2) is 60.1 Å². The number of aromatic nitrogens is 4. The van der Waals surface area contributed by atoms with E-state index in [1.54, 1.807) is 17.5 Å². The van der Waals surface area contributed by atoms with Crippen molar-refractivity contribution in [3.05, 3.63) is 70.1 Å². The van der Waals surface area contributed by atoms with Crippen molar-refractivity contribution in [2.75, 3.05) is 0 Å². The molecule has 0 radical (unpaired) electrons. The zero-order chi connectivity index (χ0) is 16.5.